The number of tetrazole rings is 1. The lowest BCUT2D eigenvalue weighted by atomic mass is 9.76. The summed E-state index contributed by atoms with van der Waals surface area (Å²) < 4.78 is 0. The fourth-order valence-corrected chi connectivity index (χ4v) is 2.59. The Hall–Kier alpha value is -0.930. The molecule has 0 saturated heterocycles. The van der Waals surface area contributed by atoms with Gasteiger partial charge >= 0.3 is 0 Å². The maximum absolute atomic E-state index is 4.02. The first kappa shape index (κ1) is 10.6. The van der Waals surface area contributed by atoms with Crippen molar-refractivity contribution in [2.24, 2.45) is 17.8 Å². The molecule has 1 aromatic heterocycles. The van der Waals surface area contributed by atoms with E-state index in [1.54, 1.807) is 0 Å². The molecule has 4 heteroatoms. The molecule has 0 aliphatic heterocycles. The van der Waals surface area contributed by atoms with E-state index in [1.807, 2.05) is 0 Å². The molecule has 1 fully saturated rings. The zero-order valence-corrected chi connectivity index (χ0v) is 9.61. The Kier molecular flexibility index (Phi) is 3.34. The largest absolute Gasteiger partial charge is 0.177 e. The monoisotopic (exact) mass is 208 g/mol. The molecule has 84 valence electrons. The molecule has 1 saturated carbocycles. The molecular weight excluding hydrogens is 188 g/mol. The Morgan fingerprint density at radius 2 is 2.00 bits per heavy atom. The molecule has 1 N–H and O–H groups in total. The number of aromatic nitrogens is 4. The zero-order chi connectivity index (χ0) is 10.7. The number of hydrogen-bond donors (Lipinski definition) is 1. The number of rotatable bonds is 3. The average Bonchev–Trinajstić information content (AvgIpc) is 2.71. The van der Waals surface area contributed by atoms with Crippen LogP contribution in [0.1, 0.15) is 45.4 Å². The molecule has 1 heterocycles. The summed E-state index contributed by atoms with van der Waals surface area (Å²) in [5, 5.41) is 14.1. The summed E-state index contributed by atoms with van der Waals surface area (Å²) in [7, 11) is 0. The average molecular weight is 208 g/mol. The summed E-state index contributed by atoms with van der Waals surface area (Å²) in [6, 6.07) is 0. The van der Waals surface area contributed by atoms with E-state index in [0.29, 0.717) is 0 Å². The lowest BCUT2D eigenvalue weighted by Crippen LogP contribution is -2.20. The van der Waals surface area contributed by atoms with Crippen LogP contribution in [-0.4, -0.2) is 20.6 Å². The maximum atomic E-state index is 4.02. The minimum Gasteiger partial charge on any atom is -0.177 e. The van der Waals surface area contributed by atoms with Crippen molar-refractivity contribution >= 4 is 0 Å². The van der Waals surface area contributed by atoms with Gasteiger partial charge in [0.2, 0.25) is 0 Å². The number of H-pyrrole nitrogens is 1. The molecule has 0 bridgehead atoms. The van der Waals surface area contributed by atoms with Crippen molar-refractivity contribution in [3.63, 3.8) is 0 Å². The quantitative estimate of drug-likeness (QED) is 0.828. The fourth-order valence-electron chi connectivity index (χ4n) is 2.59. The predicted octanol–water partition coefficient (Wildman–Crippen LogP) is 2.20. The predicted molar refractivity (Wildman–Crippen MR) is 58.2 cm³/mol. The Balaban J connectivity index is 1.79. The van der Waals surface area contributed by atoms with E-state index >= 15 is 0 Å². The highest BCUT2D eigenvalue weighted by atomic mass is 15.5. The summed E-state index contributed by atoms with van der Waals surface area (Å²) in [6.07, 6.45) is 6.41. The lowest BCUT2D eigenvalue weighted by molar-refractivity contribution is 0.222. The van der Waals surface area contributed by atoms with Gasteiger partial charge in [-0.25, -0.2) is 0 Å². The SMILES string of the molecule is CC(C)[C@H]1CC[C@@H](Cc2nn[nH]n2)CC1. The topological polar surface area (TPSA) is 54.5 Å². The Labute approximate surface area is 90.8 Å². The Morgan fingerprint density at radius 1 is 1.27 bits per heavy atom. The van der Waals surface area contributed by atoms with Crippen LogP contribution in [0, 0.1) is 17.8 Å². The summed E-state index contributed by atoms with van der Waals surface area (Å²) in [5.74, 6) is 3.43. The molecule has 4 nitrogen and oxygen atoms in total. The van der Waals surface area contributed by atoms with Crippen molar-refractivity contribution in [3.8, 4) is 0 Å². The van der Waals surface area contributed by atoms with Crippen LogP contribution in [0.2, 0.25) is 0 Å². The van der Waals surface area contributed by atoms with Crippen LogP contribution in [0.5, 0.6) is 0 Å². The van der Waals surface area contributed by atoms with Gasteiger partial charge in [-0.1, -0.05) is 19.1 Å². The molecule has 0 amide bonds. The third kappa shape index (κ3) is 2.76. The van der Waals surface area contributed by atoms with Gasteiger partial charge in [-0.3, -0.25) is 0 Å². The summed E-state index contributed by atoms with van der Waals surface area (Å²) >= 11 is 0. The second-order valence-electron chi connectivity index (χ2n) is 5.06. The van der Waals surface area contributed by atoms with Crippen molar-refractivity contribution in [2.75, 3.05) is 0 Å². The van der Waals surface area contributed by atoms with E-state index in [2.05, 4.69) is 34.5 Å². The van der Waals surface area contributed by atoms with Gasteiger partial charge in [0.05, 0.1) is 0 Å². The van der Waals surface area contributed by atoms with Crippen LogP contribution in [0.25, 0.3) is 0 Å². The third-order valence-electron chi connectivity index (χ3n) is 3.69. The third-order valence-corrected chi connectivity index (χ3v) is 3.69. The van der Waals surface area contributed by atoms with Crippen LogP contribution in [-0.2, 0) is 6.42 Å². The van der Waals surface area contributed by atoms with Gasteiger partial charge in [0, 0.05) is 6.42 Å². The van der Waals surface area contributed by atoms with Crippen molar-refractivity contribution in [1.82, 2.24) is 20.6 Å². The summed E-state index contributed by atoms with van der Waals surface area (Å²) in [6.45, 7) is 4.67. The second kappa shape index (κ2) is 4.73. The van der Waals surface area contributed by atoms with Crippen molar-refractivity contribution in [3.05, 3.63) is 5.82 Å². The highest BCUT2D eigenvalue weighted by molar-refractivity contribution is 4.84. The first-order valence-corrected chi connectivity index (χ1v) is 5.98. The molecule has 1 aliphatic carbocycles. The number of aromatic amines is 1. The summed E-state index contributed by atoms with van der Waals surface area (Å²) in [4.78, 5) is 0. The smallest absolute Gasteiger partial charge is 0.174 e. The molecule has 15 heavy (non-hydrogen) atoms. The highest BCUT2D eigenvalue weighted by Crippen LogP contribution is 2.34. The van der Waals surface area contributed by atoms with Gasteiger partial charge < -0.3 is 0 Å². The van der Waals surface area contributed by atoms with Gasteiger partial charge in [0.15, 0.2) is 5.82 Å². The van der Waals surface area contributed by atoms with Gasteiger partial charge in [-0.15, -0.1) is 10.2 Å². The van der Waals surface area contributed by atoms with Gasteiger partial charge in [0.1, 0.15) is 0 Å². The molecule has 1 aliphatic rings. The Bertz CT molecular complexity index is 273. The minimum absolute atomic E-state index is 0.776. The molecular formula is C11H20N4. The maximum Gasteiger partial charge on any atom is 0.174 e. The molecule has 1 aromatic rings. The summed E-state index contributed by atoms with van der Waals surface area (Å²) in [5.41, 5.74) is 0. The molecule has 0 aromatic carbocycles. The lowest BCUT2D eigenvalue weighted by Gasteiger charge is -2.30. The van der Waals surface area contributed by atoms with E-state index in [9.17, 15) is 0 Å². The van der Waals surface area contributed by atoms with Crippen LogP contribution in [0.3, 0.4) is 0 Å². The van der Waals surface area contributed by atoms with E-state index in [1.165, 1.54) is 25.7 Å². The molecule has 0 radical (unpaired) electrons. The van der Waals surface area contributed by atoms with Gasteiger partial charge in [0.25, 0.3) is 0 Å². The number of nitrogens with one attached hydrogen (secondary N) is 1. The van der Waals surface area contributed by atoms with Gasteiger partial charge in [-0.2, -0.15) is 5.21 Å². The van der Waals surface area contributed by atoms with Gasteiger partial charge in [-0.05, 0) is 43.4 Å². The molecule has 2 rings (SSSR count). The van der Waals surface area contributed by atoms with Crippen LogP contribution in [0.15, 0.2) is 0 Å². The van der Waals surface area contributed by atoms with Crippen molar-refractivity contribution < 1.29 is 0 Å². The standard InChI is InChI=1S/C11H20N4/c1-8(2)10-5-3-9(4-6-10)7-11-12-14-15-13-11/h8-10H,3-7H2,1-2H3,(H,12,13,14,15)/t9-,10+. The van der Waals surface area contributed by atoms with E-state index in [0.717, 1.165) is 30.0 Å². The second-order valence-corrected chi connectivity index (χ2v) is 5.06. The first-order chi connectivity index (χ1) is 7.25. The molecule has 0 spiro atoms. The van der Waals surface area contributed by atoms with Crippen molar-refractivity contribution in [1.29, 1.82) is 0 Å². The highest BCUT2D eigenvalue weighted by Gasteiger charge is 2.24. The van der Waals surface area contributed by atoms with E-state index in [4.69, 9.17) is 0 Å². The normalized spacial score (nSPS) is 27.1. The molecule has 0 atom stereocenters. The number of nitrogens with zero attached hydrogens (tertiary/aromatic N) is 3. The van der Waals surface area contributed by atoms with Crippen LogP contribution in [0.4, 0.5) is 0 Å². The van der Waals surface area contributed by atoms with E-state index in [-0.39, 0.29) is 0 Å². The van der Waals surface area contributed by atoms with Crippen LogP contribution >= 0.6 is 0 Å². The van der Waals surface area contributed by atoms with E-state index < -0.39 is 0 Å². The van der Waals surface area contributed by atoms with Crippen LogP contribution < -0.4 is 0 Å². The zero-order valence-electron chi connectivity index (χ0n) is 9.61. The van der Waals surface area contributed by atoms with Crippen molar-refractivity contribution in [2.45, 2.75) is 46.0 Å². The Morgan fingerprint density at radius 3 is 2.53 bits per heavy atom. The number of hydrogen-bond acceptors (Lipinski definition) is 3. The molecule has 0 unspecified atom stereocenters. The first-order valence-electron chi connectivity index (χ1n) is 5.98. The minimum atomic E-state index is 0.776. The fraction of sp³-hybridized carbons (Fsp3) is 0.909.